The summed E-state index contributed by atoms with van der Waals surface area (Å²) in [7, 11) is 4.07. The van der Waals surface area contributed by atoms with E-state index in [1.165, 1.54) is 16.9 Å². The van der Waals surface area contributed by atoms with Gasteiger partial charge in [-0.3, -0.25) is 14.6 Å². The van der Waals surface area contributed by atoms with E-state index in [1.54, 1.807) is 0 Å². The predicted octanol–water partition coefficient (Wildman–Crippen LogP) is 3.24. The lowest BCUT2D eigenvalue weighted by atomic mass is 9.96. The van der Waals surface area contributed by atoms with Gasteiger partial charge in [0.15, 0.2) is 0 Å². The molecule has 1 aliphatic heterocycles. The molecule has 1 aliphatic rings. The van der Waals surface area contributed by atoms with E-state index in [2.05, 4.69) is 45.2 Å². The lowest BCUT2D eigenvalue weighted by Crippen LogP contribution is -2.42. The van der Waals surface area contributed by atoms with E-state index in [-0.39, 0.29) is 17.4 Å². The number of piperidine rings is 1. The summed E-state index contributed by atoms with van der Waals surface area (Å²) in [6.45, 7) is 5.14. The minimum atomic E-state index is -0.102. The fourth-order valence-electron chi connectivity index (χ4n) is 4.19. The number of fused-ring (bicyclic) bond motifs is 1. The number of hydrogen-bond acceptors (Lipinski definition) is 6. The first-order valence-electron chi connectivity index (χ1n) is 11.2. The molecule has 3 aromatic rings. The van der Waals surface area contributed by atoms with E-state index >= 15 is 0 Å². The minimum absolute atomic E-state index is 0.0186. The van der Waals surface area contributed by atoms with Crippen molar-refractivity contribution in [1.29, 1.82) is 0 Å². The smallest absolute Gasteiger partial charge is 0.270 e. The van der Waals surface area contributed by atoms with Gasteiger partial charge in [-0.05, 0) is 52.4 Å². The highest BCUT2D eigenvalue weighted by atomic mass is 32.1. The maximum absolute atomic E-state index is 12.7. The third-order valence-electron chi connectivity index (χ3n) is 5.99. The topological polar surface area (TPSA) is 81.3 Å². The van der Waals surface area contributed by atoms with E-state index in [4.69, 9.17) is 4.98 Å². The Hall–Kier alpha value is -2.71. The maximum atomic E-state index is 12.7. The molecule has 0 aliphatic carbocycles. The van der Waals surface area contributed by atoms with E-state index in [1.807, 2.05) is 25.5 Å². The van der Waals surface area contributed by atoms with E-state index < -0.39 is 0 Å². The van der Waals surface area contributed by atoms with Gasteiger partial charge >= 0.3 is 0 Å². The van der Waals surface area contributed by atoms with Crippen LogP contribution in [0.25, 0.3) is 21.3 Å². The number of carbonyl (C=O) groups is 1. The molecule has 0 atom stereocenters. The van der Waals surface area contributed by atoms with Gasteiger partial charge in [0.2, 0.25) is 11.9 Å². The van der Waals surface area contributed by atoms with Gasteiger partial charge in [0, 0.05) is 36.5 Å². The molecule has 2 aromatic heterocycles. The summed E-state index contributed by atoms with van der Waals surface area (Å²) in [6, 6.07) is 8.26. The third kappa shape index (κ3) is 5.02. The number of rotatable bonds is 7. The monoisotopic (exact) mass is 453 g/mol. The molecule has 1 saturated heterocycles. The molecule has 0 saturated carbocycles. The van der Waals surface area contributed by atoms with Gasteiger partial charge < -0.3 is 15.1 Å². The number of amides is 1. The molecule has 1 fully saturated rings. The largest absolute Gasteiger partial charge is 0.356 e. The lowest BCUT2D eigenvalue weighted by molar-refractivity contribution is -0.125. The number of benzene rings is 1. The summed E-state index contributed by atoms with van der Waals surface area (Å²) in [5.74, 6) is 0.754. The van der Waals surface area contributed by atoms with Crippen molar-refractivity contribution in [3.05, 3.63) is 45.6 Å². The van der Waals surface area contributed by atoms with Crippen molar-refractivity contribution >= 4 is 33.4 Å². The first-order chi connectivity index (χ1) is 15.4. The molecule has 3 heterocycles. The zero-order valence-electron chi connectivity index (χ0n) is 19.0. The molecule has 170 valence electrons. The van der Waals surface area contributed by atoms with Gasteiger partial charge in [0.1, 0.15) is 4.70 Å². The number of aryl methyl sites for hydroxylation is 1. The van der Waals surface area contributed by atoms with Crippen molar-refractivity contribution in [2.24, 2.45) is 5.92 Å². The Morgan fingerprint density at radius 1 is 1.31 bits per heavy atom. The van der Waals surface area contributed by atoms with Crippen LogP contribution in [0.1, 0.15) is 24.8 Å². The van der Waals surface area contributed by atoms with Crippen LogP contribution in [0.4, 0.5) is 5.95 Å². The highest BCUT2D eigenvalue weighted by Gasteiger charge is 2.26. The van der Waals surface area contributed by atoms with Crippen molar-refractivity contribution in [2.45, 2.75) is 26.2 Å². The van der Waals surface area contributed by atoms with Crippen LogP contribution in [0.15, 0.2) is 34.4 Å². The molecular formula is C24H31N5O2S. The van der Waals surface area contributed by atoms with Crippen LogP contribution in [0, 0.1) is 12.8 Å². The molecule has 8 heteroatoms. The Labute approximate surface area is 192 Å². The number of aromatic nitrogens is 2. The molecule has 0 bridgehead atoms. The van der Waals surface area contributed by atoms with E-state index in [9.17, 15) is 9.59 Å². The number of H-pyrrole nitrogens is 1. The van der Waals surface area contributed by atoms with Gasteiger partial charge in [0.05, 0.1) is 5.52 Å². The van der Waals surface area contributed by atoms with Gasteiger partial charge in [-0.15, -0.1) is 11.3 Å². The van der Waals surface area contributed by atoms with Crippen LogP contribution in [0.2, 0.25) is 0 Å². The van der Waals surface area contributed by atoms with Crippen molar-refractivity contribution in [2.75, 3.05) is 45.2 Å². The van der Waals surface area contributed by atoms with Crippen molar-refractivity contribution < 1.29 is 4.79 Å². The molecule has 0 radical (unpaired) electrons. The van der Waals surface area contributed by atoms with Crippen molar-refractivity contribution in [1.82, 2.24) is 20.2 Å². The standard InChI is InChI=1S/C24H31N5O2S/c1-16-6-4-7-18(14-16)19-15-32-21-20(19)26-24(27-23(21)31)29-12-8-17(9-13-29)22(30)25-10-5-11-28(2)3/h4,6-7,14-15,17H,5,8-13H2,1-3H3,(H,25,30)(H,26,27,31). The number of anilines is 1. The average Bonchev–Trinajstić information content (AvgIpc) is 3.21. The zero-order chi connectivity index (χ0) is 22.7. The molecule has 1 amide bonds. The Morgan fingerprint density at radius 3 is 2.81 bits per heavy atom. The minimum Gasteiger partial charge on any atom is -0.356 e. The number of aromatic amines is 1. The van der Waals surface area contributed by atoms with Crippen LogP contribution in [0.3, 0.4) is 0 Å². The second-order valence-corrected chi connectivity index (χ2v) is 9.67. The fraction of sp³-hybridized carbons (Fsp3) is 0.458. The summed E-state index contributed by atoms with van der Waals surface area (Å²) in [5.41, 5.74) is 3.89. The first-order valence-corrected chi connectivity index (χ1v) is 12.1. The van der Waals surface area contributed by atoms with E-state index in [0.717, 1.165) is 42.5 Å². The molecule has 4 rings (SSSR count). The van der Waals surface area contributed by atoms with E-state index in [0.29, 0.717) is 30.3 Å². The number of hydrogen-bond donors (Lipinski definition) is 2. The Balaban J connectivity index is 1.45. The molecule has 0 unspecified atom stereocenters. The van der Waals surface area contributed by atoms with Crippen LogP contribution in [-0.2, 0) is 4.79 Å². The molecule has 2 N–H and O–H groups in total. The van der Waals surface area contributed by atoms with Crippen LogP contribution >= 0.6 is 11.3 Å². The van der Waals surface area contributed by atoms with Crippen LogP contribution in [-0.4, -0.2) is 61.0 Å². The average molecular weight is 454 g/mol. The molecule has 32 heavy (non-hydrogen) atoms. The lowest BCUT2D eigenvalue weighted by Gasteiger charge is -2.31. The SMILES string of the molecule is Cc1cccc(-c2csc3c(=O)[nH]c(N4CCC(C(=O)NCCCN(C)C)CC4)nc23)c1. The summed E-state index contributed by atoms with van der Waals surface area (Å²) >= 11 is 1.43. The second kappa shape index (κ2) is 9.83. The normalized spacial score (nSPS) is 14.9. The summed E-state index contributed by atoms with van der Waals surface area (Å²) in [6.07, 6.45) is 2.47. The highest BCUT2D eigenvalue weighted by molar-refractivity contribution is 7.17. The molecule has 7 nitrogen and oxygen atoms in total. The Bertz CT molecular complexity index is 1140. The molecular weight excluding hydrogens is 422 g/mol. The van der Waals surface area contributed by atoms with Crippen molar-refractivity contribution in [3.63, 3.8) is 0 Å². The predicted molar refractivity (Wildman–Crippen MR) is 132 cm³/mol. The summed E-state index contributed by atoms with van der Waals surface area (Å²) in [5, 5.41) is 5.08. The van der Waals surface area contributed by atoms with Crippen molar-refractivity contribution in [3.8, 4) is 11.1 Å². The number of thiophene rings is 1. The number of nitrogens with zero attached hydrogens (tertiary/aromatic N) is 3. The quantitative estimate of drug-likeness (QED) is 0.537. The van der Waals surface area contributed by atoms with Crippen LogP contribution < -0.4 is 15.8 Å². The fourth-order valence-corrected chi connectivity index (χ4v) is 5.10. The molecule has 0 spiro atoms. The molecule has 1 aromatic carbocycles. The maximum Gasteiger partial charge on any atom is 0.270 e. The summed E-state index contributed by atoms with van der Waals surface area (Å²) in [4.78, 5) is 37.3. The first kappa shape index (κ1) is 22.5. The Morgan fingerprint density at radius 2 is 2.09 bits per heavy atom. The number of nitrogens with one attached hydrogen (secondary N) is 2. The van der Waals surface area contributed by atoms with Gasteiger partial charge in [0.25, 0.3) is 5.56 Å². The third-order valence-corrected chi connectivity index (χ3v) is 6.96. The van der Waals surface area contributed by atoms with Gasteiger partial charge in [-0.1, -0.05) is 29.8 Å². The van der Waals surface area contributed by atoms with Gasteiger partial charge in [-0.25, -0.2) is 4.98 Å². The Kier molecular flexibility index (Phi) is 6.91. The zero-order valence-corrected chi connectivity index (χ0v) is 19.8. The summed E-state index contributed by atoms with van der Waals surface area (Å²) < 4.78 is 0.650. The number of carbonyl (C=O) groups excluding carboxylic acids is 1. The van der Waals surface area contributed by atoms with Crippen LogP contribution in [0.5, 0.6) is 0 Å². The highest BCUT2D eigenvalue weighted by Crippen LogP contribution is 2.32. The second-order valence-electron chi connectivity index (χ2n) is 8.80. The van der Waals surface area contributed by atoms with Gasteiger partial charge in [-0.2, -0.15) is 0 Å².